The summed E-state index contributed by atoms with van der Waals surface area (Å²) in [5.74, 6) is -0.332. The summed E-state index contributed by atoms with van der Waals surface area (Å²) < 4.78 is 26.4. The van der Waals surface area contributed by atoms with Gasteiger partial charge >= 0.3 is 0 Å². The van der Waals surface area contributed by atoms with E-state index in [0.717, 1.165) is 31.4 Å². The third kappa shape index (κ3) is 4.88. The van der Waals surface area contributed by atoms with E-state index in [1.165, 1.54) is 31.2 Å². The smallest absolute Gasteiger partial charge is 0.243 e. The van der Waals surface area contributed by atoms with Crippen LogP contribution in [0.15, 0.2) is 18.2 Å². The minimum absolute atomic E-state index is 0.00816. The van der Waals surface area contributed by atoms with Gasteiger partial charge in [-0.2, -0.15) is 0 Å². The Bertz CT molecular complexity index is 833. The quantitative estimate of drug-likeness (QED) is 0.694. The van der Waals surface area contributed by atoms with Crippen molar-refractivity contribution in [1.29, 1.82) is 0 Å². The van der Waals surface area contributed by atoms with Gasteiger partial charge < -0.3 is 15.5 Å². The number of nitrogens with one attached hydrogen (secondary N) is 2. The fraction of sp³-hybridized carbons (Fsp3) is 0.609. The van der Waals surface area contributed by atoms with Gasteiger partial charge in [0.15, 0.2) is 0 Å². The first kappa shape index (κ1) is 21.7. The number of carbonyl (C=O) groups is 3. The molecule has 168 valence electrons. The summed E-state index contributed by atoms with van der Waals surface area (Å²) in [5.41, 5.74) is -0.254. The zero-order valence-corrected chi connectivity index (χ0v) is 17.8. The van der Waals surface area contributed by atoms with E-state index in [1.807, 2.05) is 0 Å². The second-order valence-corrected chi connectivity index (χ2v) is 9.66. The van der Waals surface area contributed by atoms with Crippen molar-refractivity contribution in [2.45, 2.75) is 44.9 Å². The lowest BCUT2D eigenvalue weighted by molar-refractivity contribution is -0.146. The summed E-state index contributed by atoms with van der Waals surface area (Å²) in [6, 6.07) is 2.72. The minimum atomic E-state index is -0.797. The van der Waals surface area contributed by atoms with E-state index in [4.69, 9.17) is 0 Å². The number of benzene rings is 1. The summed E-state index contributed by atoms with van der Waals surface area (Å²) in [6.45, 7) is -0.0135. The van der Waals surface area contributed by atoms with E-state index in [9.17, 15) is 23.2 Å². The van der Waals surface area contributed by atoms with Crippen LogP contribution in [0.4, 0.5) is 14.5 Å². The zero-order chi connectivity index (χ0) is 22.2. The van der Waals surface area contributed by atoms with Crippen LogP contribution in [0, 0.1) is 34.8 Å². The fourth-order valence-corrected chi connectivity index (χ4v) is 6.18. The van der Waals surface area contributed by atoms with Crippen LogP contribution in [0.2, 0.25) is 0 Å². The summed E-state index contributed by atoms with van der Waals surface area (Å²) in [4.78, 5) is 38.6. The number of halogens is 2. The molecule has 0 atom stereocenters. The molecule has 8 heteroatoms. The molecule has 2 N–H and O–H groups in total. The summed E-state index contributed by atoms with van der Waals surface area (Å²) >= 11 is 0. The van der Waals surface area contributed by atoms with E-state index in [0.29, 0.717) is 23.8 Å². The number of anilines is 1. The average molecular weight is 433 g/mol. The Hall–Kier alpha value is -2.51. The van der Waals surface area contributed by atoms with Crippen molar-refractivity contribution in [3.05, 3.63) is 29.8 Å². The van der Waals surface area contributed by atoms with Crippen LogP contribution in [-0.2, 0) is 14.4 Å². The fourth-order valence-electron chi connectivity index (χ4n) is 6.18. The van der Waals surface area contributed by atoms with Crippen molar-refractivity contribution in [2.24, 2.45) is 23.2 Å². The topological polar surface area (TPSA) is 78.5 Å². The Morgan fingerprint density at radius 3 is 2.10 bits per heavy atom. The molecule has 4 bridgehead atoms. The second kappa shape index (κ2) is 8.55. The van der Waals surface area contributed by atoms with Crippen molar-refractivity contribution in [3.63, 3.8) is 0 Å². The normalized spacial score (nSPS) is 28.3. The molecule has 1 aromatic rings. The Morgan fingerprint density at radius 1 is 1.00 bits per heavy atom. The molecule has 5 rings (SSSR count). The predicted molar refractivity (Wildman–Crippen MR) is 111 cm³/mol. The standard InChI is InChI=1S/C23H29F2N3O3/c1-28(13-20(29)27-19-8-17(24)7-18(25)9-19)21(30)2-3-26-22(31)23-10-14-4-15(11-23)6-16(5-14)12-23/h7-9,14-16H,2-6,10-13H2,1H3,(H,26,31)(H,27,29). The molecule has 0 unspecified atom stereocenters. The van der Waals surface area contributed by atoms with E-state index in [1.54, 1.807) is 0 Å². The highest BCUT2D eigenvalue weighted by atomic mass is 19.1. The van der Waals surface area contributed by atoms with Crippen LogP contribution < -0.4 is 10.6 Å². The highest BCUT2D eigenvalue weighted by Gasteiger charge is 2.54. The predicted octanol–water partition coefficient (Wildman–Crippen LogP) is 3.08. The molecule has 4 fully saturated rings. The number of hydrogen-bond acceptors (Lipinski definition) is 3. The van der Waals surface area contributed by atoms with Crippen molar-refractivity contribution >= 4 is 23.4 Å². The lowest BCUT2D eigenvalue weighted by Gasteiger charge is -2.55. The molecule has 4 saturated carbocycles. The zero-order valence-electron chi connectivity index (χ0n) is 17.8. The molecule has 4 aliphatic carbocycles. The highest BCUT2D eigenvalue weighted by molar-refractivity contribution is 5.94. The average Bonchev–Trinajstić information content (AvgIpc) is 2.65. The third-order valence-corrected chi connectivity index (χ3v) is 7.10. The van der Waals surface area contributed by atoms with Gasteiger partial charge in [0, 0.05) is 37.2 Å². The number of amides is 3. The van der Waals surface area contributed by atoms with Gasteiger partial charge in [-0.3, -0.25) is 14.4 Å². The number of carbonyl (C=O) groups excluding carboxylic acids is 3. The lowest BCUT2D eigenvalue weighted by atomic mass is 9.49. The monoisotopic (exact) mass is 433 g/mol. The van der Waals surface area contributed by atoms with Crippen LogP contribution in [0.3, 0.4) is 0 Å². The molecule has 4 aliphatic rings. The SMILES string of the molecule is CN(CC(=O)Nc1cc(F)cc(F)c1)C(=O)CCNC(=O)C12CC3CC(CC(C3)C1)C2. The molecule has 0 heterocycles. The van der Waals surface area contributed by atoms with Crippen molar-refractivity contribution in [1.82, 2.24) is 10.2 Å². The highest BCUT2D eigenvalue weighted by Crippen LogP contribution is 2.60. The van der Waals surface area contributed by atoms with E-state index < -0.39 is 17.5 Å². The van der Waals surface area contributed by atoms with E-state index >= 15 is 0 Å². The molecular weight excluding hydrogens is 404 g/mol. The van der Waals surface area contributed by atoms with Crippen LogP contribution >= 0.6 is 0 Å². The Labute approximate surface area is 180 Å². The Morgan fingerprint density at radius 2 is 1.55 bits per heavy atom. The molecular formula is C23H29F2N3O3. The largest absolute Gasteiger partial charge is 0.355 e. The lowest BCUT2D eigenvalue weighted by Crippen LogP contribution is -2.53. The first-order valence-electron chi connectivity index (χ1n) is 11.0. The molecule has 0 spiro atoms. The molecule has 0 aliphatic heterocycles. The number of likely N-dealkylation sites (N-methyl/N-ethyl adjacent to an activating group) is 1. The minimum Gasteiger partial charge on any atom is -0.355 e. The van der Waals surface area contributed by atoms with Crippen LogP contribution in [-0.4, -0.2) is 42.8 Å². The molecule has 0 saturated heterocycles. The van der Waals surface area contributed by atoms with Crippen molar-refractivity contribution < 1.29 is 23.2 Å². The molecule has 0 aromatic heterocycles. The van der Waals surface area contributed by atoms with Gasteiger partial charge in [-0.05, 0) is 68.4 Å². The molecule has 31 heavy (non-hydrogen) atoms. The number of rotatable bonds is 7. The van der Waals surface area contributed by atoms with Crippen LogP contribution in [0.25, 0.3) is 0 Å². The summed E-state index contributed by atoms with van der Waals surface area (Å²) in [6.07, 6.45) is 6.80. The Balaban J connectivity index is 1.21. The van der Waals surface area contributed by atoms with E-state index in [2.05, 4.69) is 10.6 Å². The van der Waals surface area contributed by atoms with Gasteiger partial charge in [-0.1, -0.05) is 0 Å². The van der Waals surface area contributed by atoms with Gasteiger partial charge in [0.2, 0.25) is 17.7 Å². The molecule has 6 nitrogen and oxygen atoms in total. The van der Waals surface area contributed by atoms with Crippen molar-refractivity contribution in [2.75, 3.05) is 25.5 Å². The van der Waals surface area contributed by atoms with Gasteiger partial charge in [0.05, 0.1) is 6.54 Å². The summed E-state index contributed by atoms with van der Waals surface area (Å²) in [5, 5.41) is 5.34. The maximum atomic E-state index is 13.2. The van der Waals surface area contributed by atoms with Gasteiger partial charge in [-0.15, -0.1) is 0 Å². The van der Waals surface area contributed by atoms with Crippen LogP contribution in [0.1, 0.15) is 44.9 Å². The Kier molecular flexibility index (Phi) is 5.99. The number of nitrogens with zero attached hydrogens (tertiary/aromatic N) is 1. The molecule has 0 radical (unpaired) electrons. The van der Waals surface area contributed by atoms with Gasteiger partial charge in [0.1, 0.15) is 11.6 Å². The van der Waals surface area contributed by atoms with Gasteiger partial charge in [-0.25, -0.2) is 8.78 Å². The second-order valence-electron chi connectivity index (χ2n) is 9.66. The first-order valence-corrected chi connectivity index (χ1v) is 11.0. The first-order chi connectivity index (χ1) is 14.7. The molecule has 1 aromatic carbocycles. The third-order valence-electron chi connectivity index (χ3n) is 7.10. The number of hydrogen-bond donors (Lipinski definition) is 2. The van der Waals surface area contributed by atoms with Crippen LogP contribution in [0.5, 0.6) is 0 Å². The van der Waals surface area contributed by atoms with Gasteiger partial charge in [0.25, 0.3) is 0 Å². The summed E-state index contributed by atoms with van der Waals surface area (Å²) in [7, 11) is 1.48. The maximum Gasteiger partial charge on any atom is 0.243 e. The molecule has 3 amide bonds. The maximum absolute atomic E-state index is 13.2. The van der Waals surface area contributed by atoms with Crippen molar-refractivity contribution in [3.8, 4) is 0 Å². The van der Waals surface area contributed by atoms with E-state index in [-0.39, 0.29) is 42.4 Å².